The molecule has 0 N–H and O–H groups in total. The standard InChI is InChI=1S/C45H66N2O4/c1-31(2)33(5)46-41(7,8)27-37(28-42(46,9)10)50-39(48)45(25-35-21-17-15-18-22-35,26-36-23-19-16-20-24-36)40(49)51-38-29-43(11,12)47(34(6)32(3)4)44(13,14)30-38/h15-24,31-32,37-38H,5-6,25-30H2,1-4,7-14H3. The van der Waals surface area contributed by atoms with Gasteiger partial charge in [-0.1, -0.05) is 102 Å². The molecule has 2 fully saturated rings. The summed E-state index contributed by atoms with van der Waals surface area (Å²) < 4.78 is 13.2. The summed E-state index contributed by atoms with van der Waals surface area (Å²) in [6.45, 7) is 35.2. The summed E-state index contributed by atoms with van der Waals surface area (Å²) in [5.41, 5.74) is 1.06. The van der Waals surface area contributed by atoms with Crippen LogP contribution in [-0.4, -0.2) is 56.1 Å². The van der Waals surface area contributed by atoms with E-state index in [1.54, 1.807) is 0 Å². The minimum absolute atomic E-state index is 0.173. The maximum absolute atomic E-state index is 15.1. The fourth-order valence-corrected chi connectivity index (χ4v) is 9.47. The first-order valence-electron chi connectivity index (χ1n) is 19.0. The van der Waals surface area contributed by atoms with Crippen LogP contribution < -0.4 is 0 Å². The van der Waals surface area contributed by atoms with Crippen LogP contribution in [0.2, 0.25) is 0 Å². The first-order valence-corrected chi connectivity index (χ1v) is 19.0. The summed E-state index contributed by atoms with van der Waals surface area (Å²) in [4.78, 5) is 35.0. The summed E-state index contributed by atoms with van der Waals surface area (Å²) in [6.07, 6.45) is 2.05. The highest BCUT2D eigenvalue weighted by Gasteiger charge is 2.55. The highest BCUT2D eigenvalue weighted by Crippen LogP contribution is 2.46. The van der Waals surface area contributed by atoms with Crippen molar-refractivity contribution in [3.63, 3.8) is 0 Å². The van der Waals surface area contributed by atoms with Crippen molar-refractivity contribution in [1.29, 1.82) is 0 Å². The Balaban J connectivity index is 1.75. The van der Waals surface area contributed by atoms with E-state index in [-0.39, 0.29) is 59.0 Å². The van der Waals surface area contributed by atoms with Crippen LogP contribution in [0.4, 0.5) is 0 Å². The van der Waals surface area contributed by atoms with Gasteiger partial charge < -0.3 is 19.3 Å². The second-order valence-corrected chi connectivity index (χ2v) is 18.5. The molecular weight excluding hydrogens is 633 g/mol. The molecule has 6 heteroatoms. The number of benzene rings is 2. The van der Waals surface area contributed by atoms with E-state index in [9.17, 15) is 0 Å². The van der Waals surface area contributed by atoms with Crippen LogP contribution in [0.25, 0.3) is 0 Å². The van der Waals surface area contributed by atoms with Crippen LogP contribution in [0.3, 0.4) is 0 Å². The van der Waals surface area contributed by atoms with E-state index in [0.29, 0.717) is 25.7 Å². The van der Waals surface area contributed by atoms with E-state index in [2.05, 4.69) is 106 Å². The van der Waals surface area contributed by atoms with E-state index in [0.717, 1.165) is 22.5 Å². The topological polar surface area (TPSA) is 59.1 Å². The number of nitrogens with zero attached hydrogens (tertiary/aromatic N) is 2. The van der Waals surface area contributed by atoms with Crippen LogP contribution in [0.1, 0.15) is 120 Å². The number of carbonyl (C=O) groups is 2. The highest BCUT2D eigenvalue weighted by atomic mass is 16.6. The normalized spacial score (nSPS) is 20.3. The molecule has 0 saturated carbocycles. The smallest absolute Gasteiger partial charge is 0.324 e. The van der Waals surface area contributed by atoms with E-state index >= 15 is 9.59 Å². The van der Waals surface area contributed by atoms with Gasteiger partial charge in [0.2, 0.25) is 0 Å². The van der Waals surface area contributed by atoms with Gasteiger partial charge in [0.15, 0.2) is 5.41 Å². The lowest BCUT2D eigenvalue weighted by Gasteiger charge is -2.58. The minimum atomic E-state index is -1.59. The number of carbonyl (C=O) groups excluding carboxylic acids is 2. The van der Waals surface area contributed by atoms with Crippen molar-refractivity contribution in [3.8, 4) is 0 Å². The van der Waals surface area contributed by atoms with Gasteiger partial charge in [0.1, 0.15) is 12.2 Å². The SMILES string of the molecule is C=C(C(C)C)N1C(C)(C)CC(OC(=O)C(Cc2ccccc2)(Cc2ccccc2)C(=O)OC2CC(C)(C)N(C(=C)C(C)C)C(C)(C)C2)CC1(C)C. The zero-order valence-corrected chi connectivity index (χ0v) is 33.8. The molecule has 0 spiro atoms. The largest absolute Gasteiger partial charge is 0.461 e. The third kappa shape index (κ3) is 8.75. The predicted octanol–water partition coefficient (Wildman–Crippen LogP) is 9.93. The molecule has 0 atom stereocenters. The number of likely N-dealkylation sites (tertiary alicyclic amines) is 2. The Morgan fingerprint density at radius 2 is 0.882 bits per heavy atom. The van der Waals surface area contributed by atoms with Gasteiger partial charge in [-0.25, -0.2) is 0 Å². The summed E-state index contributed by atoms with van der Waals surface area (Å²) in [7, 11) is 0. The Morgan fingerprint density at radius 3 is 1.14 bits per heavy atom. The van der Waals surface area contributed by atoms with Crippen LogP contribution >= 0.6 is 0 Å². The zero-order chi connectivity index (χ0) is 38.2. The Labute approximate surface area is 309 Å². The number of hydrogen-bond acceptors (Lipinski definition) is 6. The van der Waals surface area contributed by atoms with Crippen molar-refractivity contribution >= 4 is 11.9 Å². The van der Waals surface area contributed by atoms with E-state index in [1.807, 2.05) is 60.7 Å². The molecule has 6 nitrogen and oxygen atoms in total. The monoisotopic (exact) mass is 699 g/mol. The maximum atomic E-state index is 15.1. The van der Waals surface area contributed by atoms with Gasteiger partial charge in [-0.2, -0.15) is 0 Å². The molecule has 4 rings (SSSR count). The Morgan fingerprint density at radius 1 is 0.608 bits per heavy atom. The fourth-order valence-electron chi connectivity index (χ4n) is 9.47. The molecule has 280 valence electrons. The average molecular weight is 699 g/mol. The van der Waals surface area contributed by atoms with E-state index in [1.165, 1.54) is 0 Å². The number of piperidine rings is 2. The molecule has 2 aliphatic heterocycles. The van der Waals surface area contributed by atoms with Crippen molar-refractivity contribution in [2.45, 2.75) is 156 Å². The van der Waals surface area contributed by atoms with Gasteiger partial charge in [0.25, 0.3) is 0 Å². The summed E-state index contributed by atoms with van der Waals surface area (Å²) >= 11 is 0. The number of esters is 2. The van der Waals surface area contributed by atoms with Gasteiger partial charge in [-0.15, -0.1) is 0 Å². The average Bonchev–Trinajstić information content (AvgIpc) is 2.99. The molecule has 0 radical (unpaired) electrons. The molecular formula is C45H66N2O4. The van der Waals surface area contributed by atoms with Crippen molar-refractivity contribution < 1.29 is 19.1 Å². The number of ether oxygens (including phenoxy) is 2. The first kappa shape index (κ1) is 40.2. The molecule has 51 heavy (non-hydrogen) atoms. The third-order valence-corrected chi connectivity index (χ3v) is 11.3. The third-order valence-electron chi connectivity index (χ3n) is 11.3. The molecule has 2 aromatic rings. The molecule has 2 aliphatic rings. The van der Waals surface area contributed by atoms with Gasteiger partial charge in [-0.3, -0.25) is 9.59 Å². The molecule has 0 amide bonds. The number of allylic oxidation sites excluding steroid dienone is 2. The summed E-state index contributed by atoms with van der Waals surface area (Å²) in [5.74, 6) is -0.465. The second kappa shape index (κ2) is 14.8. The second-order valence-electron chi connectivity index (χ2n) is 18.5. The Hall–Kier alpha value is -3.54. The number of hydrogen-bond donors (Lipinski definition) is 0. The van der Waals surface area contributed by atoms with Crippen molar-refractivity contribution in [2.24, 2.45) is 17.3 Å². The highest BCUT2D eigenvalue weighted by molar-refractivity contribution is 6.01. The molecule has 0 aromatic heterocycles. The van der Waals surface area contributed by atoms with Gasteiger partial charge >= 0.3 is 11.9 Å². The zero-order valence-electron chi connectivity index (χ0n) is 33.8. The predicted molar refractivity (Wildman–Crippen MR) is 209 cm³/mol. The fraction of sp³-hybridized carbons (Fsp3) is 0.600. The van der Waals surface area contributed by atoms with Gasteiger partial charge in [0, 0.05) is 59.2 Å². The lowest BCUT2D eigenvalue weighted by molar-refractivity contribution is -0.187. The van der Waals surface area contributed by atoms with Crippen molar-refractivity contribution in [3.05, 3.63) is 96.3 Å². The Bertz CT molecular complexity index is 1400. The summed E-state index contributed by atoms with van der Waals surface area (Å²) in [5, 5.41) is 0. The Kier molecular flexibility index (Phi) is 11.7. The van der Waals surface area contributed by atoms with Gasteiger partial charge in [0.05, 0.1) is 0 Å². The van der Waals surface area contributed by atoms with Crippen LogP contribution in [0, 0.1) is 17.3 Å². The molecule has 2 aromatic carbocycles. The molecule has 0 bridgehead atoms. The van der Waals surface area contributed by atoms with Crippen LogP contribution in [0.15, 0.2) is 85.2 Å². The maximum Gasteiger partial charge on any atom is 0.324 e. The number of rotatable bonds is 12. The van der Waals surface area contributed by atoms with Crippen LogP contribution in [0.5, 0.6) is 0 Å². The molecule has 0 aliphatic carbocycles. The van der Waals surface area contributed by atoms with E-state index < -0.39 is 17.4 Å². The lowest BCUT2D eigenvalue weighted by atomic mass is 9.74. The molecule has 2 heterocycles. The van der Waals surface area contributed by atoms with Crippen molar-refractivity contribution in [2.75, 3.05) is 0 Å². The minimum Gasteiger partial charge on any atom is -0.461 e. The van der Waals surface area contributed by atoms with E-state index in [4.69, 9.17) is 9.47 Å². The van der Waals surface area contributed by atoms with Crippen molar-refractivity contribution in [1.82, 2.24) is 9.80 Å². The van der Waals surface area contributed by atoms with Gasteiger partial charge in [-0.05, 0) is 91.2 Å². The molecule has 0 unspecified atom stereocenters. The first-order chi connectivity index (χ1) is 23.5. The summed E-state index contributed by atoms with van der Waals surface area (Å²) in [6, 6.07) is 19.6. The molecule has 2 saturated heterocycles. The quantitative estimate of drug-likeness (QED) is 0.163. The lowest BCUT2D eigenvalue weighted by Crippen LogP contribution is -2.63. The van der Waals surface area contributed by atoms with Crippen LogP contribution in [-0.2, 0) is 31.9 Å².